The van der Waals surface area contributed by atoms with Crippen molar-refractivity contribution >= 4 is 11.8 Å². The van der Waals surface area contributed by atoms with E-state index in [1.807, 2.05) is 30.3 Å². The Bertz CT molecular complexity index is 587. The van der Waals surface area contributed by atoms with E-state index in [-0.39, 0.29) is 19.0 Å². The predicted molar refractivity (Wildman–Crippen MR) is 78.5 cm³/mol. The van der Waals surface area contributed by atoms with Crippen molar-refractivity contribution in [2.24, 2.45) is 0 Å². The van der Waals surface area contributed by atoms with Gasteiger partial charge in [-0.05, 0) is 19.1 Å². The number of aromatic nitrogens is 1. The lowest BCUT2D eigenvalue weighted by Crippen LogP contribution is -2.05. The third-order valence-electron chi connectivity index (χ3n) is 3.08. The average molecular weight is 291 g/mol. The van der Waals surface area contributed by atoms with E-state index in [2.05, 4.69) is 4.98 Å². The van der Waals surface area contributed by atoms with Crippen LogP contribution in [0.4, 0.5) is 0 Å². The summed E-state index contributed by atoms with van der Waals surface area (Å²) in [5.41, 5.74) is 2.04. The first-order valence-corrected chi connectivity index (χ1v) is 7.25. The van der Waals surface area contributed by atoms with Crippen LogP contribution in [0.1, 0.15) is 22.5 Å². The summed E-state index contributed by atoms with van der Waals surface area (Å²) >= 11 is 1.60. The van der Waals surface area contributed by atoms with E-state index in [0.29, 0.717) is 28.3 Å². The number of rotatable bonds is 5. The van der Waals surface area contributed by atoms with Crippen LogP contribution in [-0.4, -0.2) is 20.3 Å². The molecule has 0 saturated heterocycles. The molecule has 2 aromatic rings. The second-order valence-corrected chi connectivity index (χ2v) is 5.42. The number of hydrogen-bond donors (Lipinski definition) is 3. The minimum Gasteiger partial charge on any atom is -0.506 e. The van der Waals surface area contributed by atoms with Crippen LogP contribution in [0.15, 0.2) is 35.2 Å². The molecule has 1 aromatic heterocycles. The summed E-state index contributed by atoms with van der Waals surface area (Å²) in [6.07, 6.45) is 0. The number of aryl methyl sites for hydroxylation is 1. The van der Waals surface area contributed by atoms with Gasteiger partial charge in [-0.2, -0.15) is 0 Å². The van der Waals surface area contributed by atoms with Gasteiger partial charge in [0.15, 0.2) is 0 Å². The van der Waals surface area contributed by atoms with Crippen LogP contribution in [0.5, 0.6) is 5.75 Å². The lowest BCUT2D eigenvalue weighted by Gasteiger charge is -2.14. The largest absolute Gasteiger partial charge is 0.506 e. The molecule has 0 saturated carbocycles. The monoisotopic (exact) mass is 291 g/mol. The van der Waals surface area contributed by atoms with E-state index < -0.39 is 0 Å². The fraction of sp³-hybridized carbons (Fsp3) is 0.267. The van der Waals surface area contributed by atoms with E-state index in [1.54, 1.807) is 18.7 Å². The van der Waals surface area contributed by atoms with Gasteiger partial charge in [-0.15, -0.1) is 11.8 Å². The fourth-order valence-electron chi connectivity index (χ4n) is 2.00. The summed E-state index contributed by atoms with van der Waals surface area (Å²) in [6.45, 7) is 1.13. The molecule has 106 valence electrons. The Morgan fingerprint density at radius 1 is 1.05 bits per heavy atom. The Kier molecular flexibility index (Phi) is 5.00. The van der Waals surface area contributed by atoms with Crippen LogP contribution in [0.3, 0.4) is 0 Å². The molecular weight excluding hydrogens is 274 g/mol. The topological polar surface area (TPSA) is 73.6 Å². The predicted octanol–water partition coefficient (Wildman–Crippen LogP) is 2.37. The average Bonchev–Trinajstić information content (AvgIpc) is 2.48. The zero-order valence-corrected chi connectivity index (χ0v) is 12.0. The van der Waals surface area contributed by atoms with Crippen molar-refractivity contribution in [2.45, 2.75) is 30.8 Å². The molecule has 2 rings (SSSR count). The highest BCUT2D eigenvalue weighted by Crippen LogP contribution is 2.30. The molecule has 5 heteroatoms. The summed E-state index contributed by atoms with van der Waals surface area (Å²) in [5, 5.41) is 28.7. The fourth-order valence-corrected chi connectivity index (χ4v) is 2.89. The Balaban J connectivity index is 2.29. The zero-order chi connectivity index (χ0) is 14.5. The molecule has 0 spiro atoms. The number of nitrogens with zero attached hydrogens (tertiary/aromatic N) is 1. The molecule has 1 heterocycles. The highest BCUT2D eigenvalue weighted by atomic mass is 32.2. The van der Waals surface area contributed by atoms with Gasteiger partial charge in [0.05, 0.1) is 24.6 Å². The van der Waals surface area contributed by atoms with Gasteiger partial charge in [0.2, 0.25) is 0 Å². The van der Waals surface area contributed by atoms with Gasteiger partial charge in [0.1, 0.15) is 5.75 Å². The van der Waals surface area contributed by atoms with E-state index in [9.17, 15) is 15.3 Å². The maximum absolute atomic E-state index is 9.88. The molecule has 0 atom stereocenters. The van der Waals surface area contributed by atoms with E-state index in [4.69, 9.17) is 0 Å². The summed E-state index contributed by atoms with van der Waals surface area (Å²) in [6, 6.07) is 9.89. The molecule has 0 amide bonds. The smallest absolute Gasteiger partial charge is 0.142 e. The van der Waals surface area contributed by atoms with Crippen molar-refractivity contribution < 1.29 is 15.3 Å². The normalized spacial score (nSPS) is 10.8. The second kappa shape index (κ2) is 6.74. The minimum atomic E-state index is -0.311. The first-order chi connectivity index (χ1) is 9.67. The van der Waals surface area contributed by atoms with Crippen molar-refractivity contribution in [2.75, 3.05) is 0 Å². The molecule has 0 unspecified atom stereocenters. The van der Waals surface area contributed by atoms with Crippen LogP contribution in [0, 0.1) is 6.92 Å². The Labute approximate surface area is 122 Å². The zero-order valence-electron chi connectivity index (χ0n) is 11.2. The molecule has 20 heavy (non-hydrogen) atoms. The second-order valence-electron chi connectivity index (χ2n) is 4.37. The highest BCUT2D eigenvalue weighted by molar-refractivity contribution is 7.98. The summed E-state index contributed by atoms with van der Waals surface area (Å²) in [5.74, 6) is 0.540. The van der Waals surface area contributed by atoms with Gasteiger partial charge in [0.25, 0.3) is 0 Å². The lowest BCUT2D eigenvalue weighted by atomic mass is 10.1. The highest BCUT2D eigenvalue weighted by Gasteiger charge is 2.16. The first kappa shape index (κ1) is 14.8. The van der Waals surface area contributed by atoms with Crippen LogP contribution in [0.2, 0.25) is 0 Å². The van der Waals surface area contributed by atoms with Gasteiger partial charge < -0.3 is 15.3 Å². The molecule has 4 nitrogen and oxygen atoms in total. The number of aliphatic hydroxyl groups excluding tert-OH is 2. The van der Waals surface area contributed by atoms with Gasteiger partial charge in [-0.3, -0.25) is 4.98 Å². The number of aromatic hydroxyl groups is 1. The number of benzene rings is 1. The van der Waals surface area contributed by atoms with Crippen LogP contribution in [-0.2, 0) is 19.0 Å². The Morgan fingerprint density at radius 2 is 1.70 bits per heavy atom. The molecule has 0 aliphatic heterocycles. The van der Waals surface area contributed by atoms with Gasteiger partial charge in [-0.25, -0.2) is 0 Å². The number of thioether (sulfide) groups is 1. The minimum absolute atomic E-state index is 0.0370. The quantitative estimate of drug-likeness (QED) is 0.738. The molecule has 1 aromatic carbocycles. The molecule has 0 aliphatic carbocycles. The van der Waals surface area contributed by atoms with Crippen molar-refractivity contribution in [1.29, 1.82) is 0 Å². The number of aliphatic hydroxyl groups is 2. The van der Waals surface area contributed by atoms with Crippen LogP contribution in [0.25, 0.3) is 0 Å². The van der Waals surface area contributed by atoms with Crippen molar-refractivity contribution in [1.82, 2.24) is 4.98 Å². The Hall–Kier alpha value is -1.56. The van der Waals surface area contributed by atoms with Gasteiger partial charge in [0, 0.05) is 21.8 Å². The molecule has 3 N–H and O–H groups in total. The van der Waals surface area contributed by atoms with E-state index in [0.717, 1.165) is 4.90 Å². The maximum Gasteiger partial charge on any atom is 0.142 e. The van der Waals surface area contributed by atoms with Crippen LogP contribution < -0.4 is 0 Å². The van der Waals surface area contributed by atoms with Crippen molar-refractivity contribution in [3.63, 3.8) is 0 Å². The molecule has 0 bridgehead atoms. The van der Waals surface area contributed by atoms with Crippen molar-refractivity contribution in [3.8, 4) is 5.75 Å². The third kappa shape index (κ3) is 3.12. The standard InChI is InChI=1S/C15H17NO3S/c1-10-15(19)13(8-18)12(7-17)14(16-10)9-20-11-5-3-2-4-6-11/h2-6,17-19H,7-9H2,1H3. The maximum atomic E-state index is 9.88. The van der Waals surface area contributed by atoms with E-state index >= 15 is 0 Å². The molecule has 0 radical (unpaired) electrons. The van der Waals surface area contributed by atoms with Gasteiger partial charge in [-0.1, -0.05) is 18.2 Å². The molecule has 0 aliphatic rings. The summed E-state index contributed by atoms with van der Waals surface area (Å²) in [4.78, 5) is 5.43. The Morgan fingerprint density at radius 3 is 2.30 bits per heavy atom. The third-order valence-corrected chi connectivity index (χ3v) is 4.10. The van der Waals surface area contributed by atoms with Crippen LogP contribution >= 0.6 is 11.8 Å². The summed E-state index contributed by atoms with van der Waals surface area (Å²) in [7, 11) is 0. The molecule has 0 fully saturated rings. The van der Waals surface area contributed by atoms with Gasteiger partial charge >= 0.3 is 0 Å². The molecular formula is C15H17NO3S. The van der Waals surface area contributed by atoms with Crippen molar-refractivity contribution in [3.05, 3.63) is 52.8 Å². The number of hydrogen-bond acceptors (Lipinski definition) is 5. The summed E-state index contributed by atoms with van der Waals surface area (Å²) < 4.78 is 0. The first-order valence-electron chi connectivity index (χ1n) is 6.27. The van der Waals surface area contributed by atoms with E-state index in [1.165, 1.54) is 0 Å². The number of pyridine rings is 1. The lowest BCUT2D eigenvalue weighted by molar-refractivity contribution is 0.253. The SMILES string of the molecule is Cc1nc(CSc2ccccc2)c(CO)c(CO)c1O.